The predicted molar refractivity (Wildman–Crippen MR) is 424 cm³/mol. The van der Waals surface area contributed by atoms with Gasteiger partial charge < -0.3 is 66.6 Å². The maximum Gasteiger partial charge on any atom is 0.424 e. The number of aldehydes is 2. The summed E-state index contributed by atoms with van der Waals surface area (Å²) in [5.41, 5.74) is 14.6. The molecule has 4 N–H and O–H groups in total. The van der Waals surface area contributed by atoms with Gasteiger partial charge in [0, 0.05) is 89.0 Å². The molecule has 10 aromatic rings. The van der Waals surface area contributed by atoms with Gasteiger partial charge in [0.25, 0.3) is 0 Å². The molecule has 0 saturated heterocycles. The van der Waals surface area contributed by atoms with Crippen LogP contribution in [-0.2, 0) is 60.6 Å². The number of allylic oxidation sites excluding steroid dienone is 2. The minimum absolute atomic E-state index is 0.0158. The molecule has 5 aromatic carbocycles. The molecule has 0 atom stereocenters. The Morgan fingerprint density at radius 2 is 0.627 bits per heavy atom. The lowest BCUT2D eigenvalue weighted by atomic mass is 9.98. The third-order valence-corrected chi connectivity index (χ3v) is 16.3. The topological polar surface area (TPSA) is 363 Å². The minimum Gasteiger partial charge on any atom is -0.443 e. The number of amides is 4. The Balaban J connectivity index is 0.000000222. The van der Waals surface area contributed by atoms with E-state index >= 15 is 0 Å². The number of hydrogen-bond acceptors (Lipinski definition) is 23. The molecule has 0 fully saturated rings. The average Bonchev–Trinajstić information content (AvgIpc) is 0.787. The molecule has 586 valence electrons. The summed E-state index contributed by atoms with van der Waals surface area (Å²) >= 11 is 0. The van der Waals surface area contributed by atoms with Crippen molar-refractivity contribution in [1.82, 2.24) is 0 Å². The van der Waals surface area contributed by atoms with Gasteiger partial charge in [-0.15, -0.1) is 0 Å². The Hall–Kier alpha value is -11.6. The summed E-state index contributed by atoms with van der Waals surface area (Å²) in [5.74, 6) is 0. The molecule has 0 unspecified atom stereocenters. The van der Waals surface area contributed by atoms with E-state index in [1.54, 1.807) is 133 Å². The number of hydrogen-bond donors (Lipinski definition) is 3. The molecule has 25 nitrogen and oxygen atoms in total. The molecule has 0 radical (unpaired) electrons. The molecule has 4 amide bonds. The number of benzene rings is 5. The summed E-state index contributed by atoms with van der Waals surface area (Å²) in [6.45, 7) is 37.4. The van der Waals surface area contributed by atoms with Crippen LogP contribution in [0.1, 0.15) is 164 Å². The summed E-state index contributed by atoms with van der Waals surface area (Å²) in [5, 5.41) is 21.9. The number of aryl methyl sites for hydroxylation is 7. The van der Waals surface area contributed by atoms with E-state index in [0.717, 1.165) is 82.3 Å². The summed E-state index contributed by atoms with van der Waals surface area (Å²) in [6, 6.07) is 23.8. The number of anilines is 3. The second-order valence-electron chi connectivity index (χ2n) is 30.4. The van der Waals surface area contributed by atoms with E-state index in [-0.39, 0.29) is 47.8 Å². The smallest absolute Gasteiger partial charge is 0.424 e. The molecule has 0 saturated carbocycles. The molecular weight excluding hydrogens is 1410 g/mol. The Morgan fingerprint density at radius 3 is 0.927 bits per heavy atom. The fraction of sp³-hybridized carbons (Fsp3) is 0.376. The van der Waals surface area contributed by atoms with E-state index < -0.39 is 58.0 Å². The molecule has 5 aromatic heterocycles. The van der Waals surface area contributed by atoms with E-state index in [4.69, 9.17) is 57.0 Å². The Morgan fingerprint density at radius 1 is 0.373 bits per heavy atom. The number of rotatable bonds is 12. The number of aliphatic hydroxyl groups excluding tert-OH is 2. The average molecular weight is 1510 g/mol. The fourth-order valence-electron chi connectivity index (χ4n) is 12.0. The van der Waals surface area contributed by atoms with Crippen molar-refractivity contribution in [2.75, 3.05) is 28.7 Å². The second kappa shape index (κ2) is 36.6. The number of carbonyl (C=O) groups excluding carboxylic acids is 6. The van der Waals surface area contributed by atoms with Crippen molar-refractivity contribution in [1.29, 1.82) is 0 Å². The zero-order chi connectivity index (χ0) is 82.4. The van der Waals surface area contributed by atoms with Crippen molar-refractivity contribution in [3.8, 4) is 0 Å². The van der Waals surface area contributed by atoms with Gasteiger partial charge in [0.05, 0.1) is 11.4 Å². The standard InChI is InChI=1S/C25H33NO6.C22H27NO7.C13H14O3.C13H12O3.C12H13NO3/c1-15(2)10-11-17-18(12-13-19-21(17)16(3)14-20(27)30-19)26(22(28)31-24(4,5)6)23(29)32-25(7,8)9;1-13-12-17(25)28-16-9-8-15(14(10-11-24)18(13)16)23(19(26)29-21(2,3)4)20(27)30-22(5,6)7;2*1-8-3-4-11-13(10(8)5-6-14)9(2)7-12(15)16-11;1-7-6-11(15)16-10-3-2-9(13)8(4-5-14)12(7)10/h10,12-14H,11H2,1-9H3;8-9,11-12H,10H2,1-7H3;3-4,7,14H,5-6H2,1-2H3;3-4,6-7H,5H2,1-2H3;2-3,6,14H,4-5,13H2,1H3. The van der Waals surface area contributed by atoms with Crippen molar-refractivity contribution >= 4 is 109 Å². The van der Waals surface area contributed by atoms with E-state index in [9.17, 15) is 52.7 Å². The monoisotopic (exact) mass is 1510 g/mol. The van der Waals surface area contributed by atoms with Crippen LogP contribution >= 0.6 is 0 Å². The molecule has 0 aliphatic heterocycles. The van der Waals surface area contributed by atoms with Crippen molar-refractivity contribution in [3.63, 3.8) is 0 Å². The van der Waals surface area contributed by atoms with Crippen LogP contribution in [-0.4, -0.2) is 82.8 Å². The summed E-state index contributed by atoms with van der Waals surface area (Å²) in [6.07, 6.45) is 1.57. The highest BCUT2D eigenvalue weighted by atomic mass is 16.6. The lowest BCUT2D eigenvalue weighted by molar-refractivity contribution is -0.108. The summed E-state index contributed by atoms with van der Waals surface area (Å²) in [7, 11) is 0. The lowest BCUT2D eigenvalue weighted by Crippen LogP contribution is -2.44. The molecule has 5 heterocycles. The van der Waals surface area contributed by atoms with Crippen LogP contribution in [0, 0.1) is 48.5 Å². The van der Waals surface area contributed by atoms with Crippen LogP contribution in [0.5, 0.6) is 0 Å². The largest absolute Gasteiger partial charge is 0.443 e. The van der Waals surface area contributed by atoms with Crippen LogP contribution < -0.4 is 43.7 Å². The summed E-state index contributed by atoms with van der Waals surface area (Å²) < 4.78 is 47.8. The number of nitrogens with two attached hydrogens (primary N) is 1. The molecule has 0 bridgehead atoms. The first kappa shape index (κ1) is 87.3. The van der Waals surface area contributed by atoms with Crippen molar-refractivity contribution in [2.24, 2.45) is 0 Å². The normalized spacial score (nSPS) is 11.4. The van der Waals surface area contributed by atoms with Gasteiger partial charge in [-0.2, -0.15) is 9.80 Å². The molecule has 10 rings (SSSR count). The SMILES string of the molecule is CC(C)=CCc1c(N(C(=O)OC(C)(C)C)C(=O)OC(C)(C)C)ccc2oc(=O)cc(C)c12.Cc1cc(=O)oc2ccc(N(C(=O)OC(C)(C)C)C(=O)OC(C)(C)C)c(CC=O)c12.Cc1cc(=O)oc2ccc(N)c(CCO)c12.Cc1ccc2oc(=O)cc(C)c2c1CC=O.Cc1ccc2oc(=O)cc(C)c2c1CCO. The Labute approximate surface area is 636 Å². The van der Waals surface area contributed by atoms with Gasteiger partial charge in [0.1, 0.15) is 62.9 Å². The van der Waals surface area contributed by atoms with Crippen molar-refractivity contribution in [3.05, 3.63) is 222 Å². The van der Waals surface area contributed by atoms with Crippen LogP contribution in [0.25, 0.3) is 54.8 Å². The van der Waals surface area contributed by atoms with Gasteiger partial charge in [0.15, 0.2) is 0 Å². The number of carbonyl (C=O) groups is 6. The highest BCUT2D eigenvalue weighted by Gasteiger charge is 2.37. The van der Waals surface area contributed by atoms with E-state index in [1.807, 2.05) is 66.7 Å². The number of aliphatic hydroxyl groups is 2. The Kier molecular flexibility index (Phi) is 29.0. The third-order valence-electron chi connectivity index (χ3n) is 16.3. The number of fused-ring (bicyclic) bond motifs is 5. The van der Waals surface area contributed by atoms with Gasteiger partial charge in [-0.3, -0.25) is 0 Å². The van der Waals surface area contributed by atoms with Crippen LogP contribution in [0.3, 0.4) is 0 Å². The number of ether oxygens (including phenoxy) is 4. The fourth-order valence-corrected chi connectivity index (χ4v) is 12.0. The van der Waals surface area contributed by atoms with Crippen LogP contribution in [0.15, 0.2) is 149 Å². The van der Waals surface area contributed by atoms with E-state index in [2.05, 4.69) is 0 Å². The van der Waals surface area contributed by atoms with E-state index in [1.165, 1.54) is 42.5 Å². The summed E-state index contributed by atoms with van der Waals surface area (Å²) in [4.78, 5) is 133. The lowest BCUT2D eigenvalue weighted by Gasteiger charge is -2.30. The minimum atomic E-state index is -0.946. The molecule has 0 spiro atoms. The maximum atomic E-state index is 13.2. The number of nitrogens with zero attached hydrogens (tertiary/aromatic N) is 2. The van der Waals surface area contributed by atoms with Gasteiger partial charge >= 0.3 is 52.5 Å². The van der Waals surface area contributed by atoms with Crippen LogP contribution in [0.2, 0.25) is 0 Å². The first-order valence-electron chi connectivity index (χ1n) is 35.5. The van der Waals surface area contributed by atoms with Crippen molar-refractivity contribution < 1.29 is 80.0 Å². The number of imide groups is 2. The van der Waals surface area contributed by atoms with E-state index in [0.29, 0.717) is 98.7 Å². The molecule has 25 heteroatoms. The van der Waals surface area contributed by atoms with Gasteiger partial charge in [0.2, 0.25) is 0 Å². The van der Waals surface area contributed by atoms with Gasteiger partial charge in [-0.1, -0.05) is 23.8 Å². The first-order valence-corrected chi connectivity index (χ1v) is 35.5. The zero-order valence-electron chi connectivity index (χ0n) is 66.4. The van der Waals surface area contributed by atoms with Crippen LogP contribution in [0.4, 0.5) is 36.2 Å². The molecule has 0 aliphatic carbocycles. The third kappa shape index (κ3) is 23.2. The van der Waals surface area contributed by atoms with Gasteiger partial charge in [-0.05, 0) is 280 Å². The maximum absolute atomic E-state index is 13.2. The van der Waals surface area contributed by atoms with Crippen molar-refractivity contribution in [2.45, 2.75) is 200 Å². The quantitative estimate of drug-likeness (QED) is 0.0336. The Bertz CT molecular complexity index is 5300. The molecular formula is C85H99N3O22. The second-order valence-corrected chi connectivity index (χ2v) is 30.4. The predicted octanol–water partition coefficient (Wildman–Crippen LogP) is 16.1. The number of nitrogen functional groups attached to an aromatic ring is 1. The molecule has 110 heavy (non-hydrogen) atoms. The first-order chi connectivity index (χ1) is 51.2. The highest BCUT2D eigenvalue weighted by molar-refractivity contribution is 6.13. The van der Waals surface area contributed by atoms with Gasteiger partial charge in [-0.25, -0.2) is 43.2 Å². The zero-order valence-corrected chi connectivity index (χ0v) is 66.4. The molecule has 0 aliphatic rings. The highest BCUT2D eigenvalue weighted by Crippen LogP contribution is 2.37.